The van der Waals surface area contributed by atoms with Crippen molar-refractivity contribution in [1.82, 2.24) is 15.2 Å². The zero-order valence-corrected chi connectivity index (χ0v) is 29.3. The fourth-order valence-electron chi connectivity index (χ4n) is 7.14. The fourth-order valence-corrected chi connectivity index (χ4v) is 7.14. The van der Waals surface area contributed by atoms with Crippen molar-refractivity contribution in [1.29, 1.82) is 0 Å². The third kappa shape index (κ3) is 9.21. The maximum absolute atomic E-state index is 14.1. The highest BCUT2D eigenvalue weighted by molar-refractivity contribution is 6.01. The summed E-state index contributed by atoms with van der Waals surface area (Å²) in [5.74, 6) is -1.45. The first-order chi connectivity index (χ1) is 24.0. The summed E-state index contributed by atoms with van der Waals surface area (Å²) >= 11 is 0. The van der Waals surface area contributed by atoms with Crippen LogP contribution in [-0.4, -0.2) is 85.0 Å². The number of alkyl halides is 1. The van der Waals surface area contributed by atoms with Crippen molar-refractivity contribution >= 4 is 40.5 Å². The zero-order chi connectivity index (χ0) is 35.8. The Kier molecular flexibility index (Phi) is 12.2. The lowest BCUT2D eigenvalue weighted by Crippen LogP contribution is -2.49. The summed E-state index contributed by atoms with van der Waals surface area (Å²) in [5, 5.41) is 6.45. The van der Waals surface area contributed by atoms with Gasteiger partial charge in [0.1, 0.15) is 24.0 Å². The SMILES string of the molecule is COCCCOC(=O)c1cc2cc(NC(=O)[C@@H]3[C@H](c4ccccc4)CCN3C(=O)C3CCC(C(CF)NC(=O)OC(C)(C)C)CC3)ccc2[nH]1. The number of hydrogen-bond donors (Lipinski definition) is 3. The molecule has 50 heavy (non-hydrogen) atoms. The van der Waals surface area contributed by atoms with Gasteiger partial charge in [0, 0.05) is 55.1 Å². The van der Waals surface area contributed by atoms with E-state index in [1.165, 1.54) is 0 Å². The van der Waals surface area contributed by atoms with E-state index >= 15 is 0 Å². The minimum Gasteiger partial charge on any atom is -0.461 e. The number of carbonyl (C=O) groups is 4. The topological polar surface area (TPSA) is 139 Å². The molecular weight excluding hydrogens is 643 g/mol. The normalized spacial score (nSPS) is 21.4. The molecule has 12 heteroatoms. The molecule has 3 aromatic rings. The van der Waals surface area contributed by atoms with Crippen LogP contribution < -0.4 is 10.6 Å². The molecule has 11 nitrogen and oxygen atoms in total. The first-order valence-corrected chi connectivity index (χ1v) is 17.5. The number of hydrogen-bond acceptors (Lipinski definition) is 7. The van der Waals surface area contributed by atoms with Crippen LogP contribution in [0.25, 0.3) is 10.9 Å². The molecule has 2 aliphatic rings. The number of aromatic nitrogens is 1. The van der Waals surface area contributed by atoms with Gasteiger partial charge in [-0.1, -0.05) is 30.3 Å². The van der Waals surface area contributed by atoms with E-state index in [-0.39, 0.29) is 36.2 Å². The molecule has 1 aliphatic heterocycles. The van der Waals surface area contributed by atoms with Crippen LogP contribution in [0.1, 0.15) is 81.3 Å². The smallest absolute Gasteiger partial charge is 0.407 e. The standard InChI is InChI=1S/C38H49FN4O7/c1-38(2,3)50-37(47)42-32(23-39)25-11-13-26(14-12-25)35(45)43-18-17-29(24-9-6-5-7-10-24)33(43)34(44)40-28-15-16-30-27(21-28)22-31(41-30)36(46)49-20-8-19-48-4/h5-7,9-10,15-16,21-22,25-26,29,32-33,41H,8,11-14,17-20,23H2,1-4H3,(H,40,44)(H,42,47)/t25?,26?,29-,32?,33-/m0/s1. The number of halogens is 1. The lowest BCUT2D eigenvalue weighted by molar-refractivity contribution is -0.141. The first kappa shape index (κ1) is 36.8. The quantitative estimate of drug-likeness (QED) is 0.148. The van der Waals surface area contributed by atoms with Crippen molar-refractivity contribution in [2.24, 2.45) is 11.8 Å². The number of ether oxygens (including phenoxy) is 3. The summed E-state index contributed by atoms with van der Waals surface area (Å²) in [6.07, 6.45) is 2.82. The summed E-state index contributed by atoms with van der Waals surface area (Å²) in [6.45, 7) is 5.73. The van der Waals surface area contributed by atoms with Crippen LogP contribution in [0.5, 0.6) is 0 Å². The Bertz CT molecular complexity index is 1630. The van der Waals surface area contributed by atoms with Crippen LogP contribution >= 0.6 is 0 Å². The Morgan fingerprint density at radius 2 is 1.72 bits per heavy atom. The Morgan fingerprint density at radius 1 is 0.980 bits per heavy atom. The average molecular weight is 693 g/mol. The molecule has 0 spiro atoms. The molecule has 1 aliphatic carbocycles. The number of carbonyl (C=O) groups excluding carboxylic acids is 4. The van der Waals surface area contributed by atoms with Gasteiger partial charge in [0.25, 0.3) is 0 Å². The third-order valence-corrected chi connectivity index (χ3v) is 9.57. The molecule has 0 bridgehead atoms. The molecule has 2 aromatic carbocycles. The molecular formula is C38H49FN4O7. The third-order valence-electron chi connectivity index (χ3n) is 9.57. The summed E-state index contributed by atoms with van der Waals surface area (Å²) < 4.78 is 29.7. The Balaban J connectivity index is 1.27. The molecule has 1 saturated carbocycles. The predicted octanol–water partition coefficient (Wildman–Crippen LogP) is 6.35. The van der Waals surface area contributed by atoms with Gasteiger partial charge in [-0.3, -0.25) is 9.59 Å². The number of methoxy groups -OCH3 is 1. The molecule has 3 N–H and O–H groups in total. The van der Waals surface area contributed by atoms with Crippen molar-refractivity contribution < 1.29 is 37.8 Å². The van der Waals surface area contributed by atoms with Gasteiger partial charge in [0.05, 0.1) is 12.6 Å². The van der Waals surface area contributed by atoms with Gasteiger partial charge in [0.2, 0.25) is 11.8 Å². The number of fused-ring (bicyclic) bond motifs is 1. The molecule has 3 atom stereocenters. The number of anilines is 1. The van der Waals surface area contributed by atoms with Crippen LogP contribution in [-0.2, 0) is 23.8 Å². The molecule has 1 aromatic heterocycles. The van der Waals surface area contributed by atoms with Crippen molar-refractivity contribution in [2.45, 2.75) is 82.9 Å². The molecule has 1 saturated heterocycles. The van der Waals surface area contributed by atoms with Crippen LogP contribution in [0.3, 0.4) is 0 Å². The second-order valence-electron chi connectivity index (χ2n) is 14.3. The Labute approximate surface area is 292 Å². The lowest BCUT2D eigenvalue weighted by Gasteiger charge is -2.36. The molecule has 3 amide bonds. The minimum absolute atomic E-state index is 0.0753. The van der Waals surface area contributed by atoms with Crippen molar-refractivity contribution in [2.75, 3.05) is 38.9 Å². The number of rotatable bonds is 12. The van der Waals surface area contributed by atoms with E-state index in [9.17, 15) is 23.6 Å². The number of nitrogens with zero attached hydrogens (tertiary/aromatic N) is 1. The van der Waals surface area contributed by atoms with Gasteiger partial charge >= 0.3 is 12.1 Å². The van der Waals surface area contributed by atoms with E-state index in [1.54, 1.807) is 57.0 Å². The van der Waals surface area contributed by atoms with Crippen molar-refractivity contribution in [3.05, 3.63) is 65.9 Å². The lowest BCUT2D eigenvalue weighted by atomic mass is 9.78. The second kappa shape index (κ2) is 16.5. The first-order valence-electron chi connectivity index (χ1n) is 17.5. The molecule has 5 rings (SSSR count). The number of H-pyrrole nitrogens is 1. The fraction of sp³-hybridized carbons (Fsp3) is 0.526. The van der Waals surface area contributed by atoms with E-state index in [0.29, 0.717) is 63.1 Å². The number of esters is 1. The van der Waals surface area contributed by atoms with E-state index in [2.05, 4.69) is 15.6 Å². The number of alkyl carbamates (subject to hydrolysis) is 1. The molecule has 2 fully saturated rings. The minimum atomic E-state index is -0.727. The number of nitrogens with one attached hydrogen (secondary N) is 3. The molecule has 1 unspecified atom stereocenters. The van der Waals surface area contributed by atoms with Gasteiger partial charge in [-0.15, -0.1) is 0 Å². The maximum atomic E-state index is 14.1. The number of likely N-dealkylation sites (tertiary alicyclic amines) is 1. The molecule has 0 radical (unpaired) electrons. The zero-order valence-electron chi connectivity index (χ0n) is 29.3. The van der Waals surface area contributed by atoms with Gasteiger partial charge in [0.15, 0.2) is 0 Å². The Morgan fingerprint density at radius 3 is 2.40 bits per heavy atom. The average Bonchev–Trinajstić information content (AvgIpc) is 3.73. The highest BCUT2D eigenvalue weighted by atomic mass is 19.1. The monoisotopic (exact) mass is 692 g/mol. The van der Waals surface area contributed by atoms with Crippen molar-refractivity contribution in [3.8, 4) is 0 Å². The van der Waals surface area contributed by atoms with Crippen LogP contribution in [0.4, 0.5) is 14.9 Å². The Hall–Kier alpha value is -4.45. The highest BCUT2D eigenvalue weighted by Crippen LogP contribution is 2.39. The van der Waals surface area contributed by atoms with Gasteiger partial charge in [-0.05, 0) is 88.6 Å². The highest BCUT2D eigenvalue weighted by Gasteiger charge is 2.45. The summed E-state index contributed by atoms with van der Waals surface area (Å²) in [4.78, 5) is 57.9. The van der Waals surface area contributed by atoms with Crippen molar-refractivity contribution in [3.63, 3.8) is 0 Å². The van der Waals surface area contributed by atoms with E-state index in [0.717, 1.165) is 16.5 Å². The number of benzene rings is 2. The summed E-state index contributed by atoms with van der Waals surface area (Å²) in [7, 11) is 1.59. The largest absolute Gasteiger partial charge is 0.461 e. The van der Waals surface area contributed by atoms with E-state index < -0.39 is 36.4 Å². The van der Waals surface area contributed by atoms with Crippen LogP contribution in [0.15, 0.2) is 54.6 Å². The summed E-state index contributed by atoms with van der Waals surface area (Å²) in [6, 6.07) is 15.4. The van der Waals surface area contributed by atoms with Gasteiger partial charge < -0.3 is 34.7 Å². The van der Waals surface area contributed by atoms with Crippen LogP contribution in [0, 0.1) is 11.8 Å². The van der Waals surface area contributed by atoms with E-state index in [4.69, 9.17) is 14.2 Å². The van der Waals surface area contributed by atoms with Gasteiger partial charge in [-0.25, -0.2) is 14.0 Å². The molecule has 270 valence electrons. The van der Waals surface area contributed by atoms with E-state index in [1.807, 2.05) is 30.3 Å². The number of amides is 3. The van der Waals surface area contributed by atoms with Crippen LogP contribution in [0.2, 0.25) is 0 Å². The second-order valence-corrected chi connectivity index (χ2v) is 14.3. The summed E-state index contributed by atoms with van der Waals surface area (Å²) in [5.41, 5.74) is 1.87. The predicted molar refractivity (Wildman–Crippen MR) is 188 cm³/mol. The maximum Gasteiger partial charge on any atom is 0.407 e. The molecule has 2 heterocycles. The number of aromatic amines is 1. The van der Waals surface area contributed by atoms with Gasteiger partial charge in [-0.2, -0.15) is 0 Å².